The standard InChI is InChI=1S/C19H21ClN2O2/c20-17-8-4-5-9-18(17)24-13-19(23)22-11-15(10-21)16(12-22)14-6-2-1-3-7-14/h1-9,15-16H,10-13,21H2/t15-,16+/m1/s1. The minimum atomic E-state index is -0.0354. The molecule has 3 rings (SSSR count). The Bertz CT molecular complexity index is 693. The molecular weight excluding hydrogens is 324 g/mol. The van der Waals surface area contributed by atoms with Crippen molar-refractivity contribution in [2.75, 3.05) is 26.2 Å². The predicted molar refractivity (Wildman–Crippen MR) is 95.3 cm³/mol. The summed E-state index contributed by atoms with van der Waals surface area (Å²) in [5.41, 5.74) is 7.15. The number of hydrogen-bond donors (Lipinski definition) is 1. The van der Waals surface area contributed by atoms with Crippen molar-refractivity contribution in [2.45, 2.75) is 5.92 Å². The average molecular weight is 345 g/mol. The van der Waals surface area contributed by atoms with Gasteiger partial charge in [0.15, 0.2) is 6.61 Å². The molecule has 1 aliphatic rings. The fourth-order valence-electron chi connectivity index (χ4n) is 3.18. The maximum absolute atomic E-state index is 12.5. The third-order valence-electron chi connectivity index (χ3n) is 4.51. The molecule has 0 unspecified atom stereocenters. The Morgan fingerprint density at radius 3 is 2.54 bits per heavy atom. The minimum absolute atomic E-state index is 0.0114. The average Bonchev–Trinajstić information content (AvgIpc) is 3.06. The van der Waals surface area contributed by atoms with Crippen LogP contribution in [0.2, 0.25) is 5.02 Å². The zero-order chi connectivity index (χ0) is 16.9. The van der Waals surface area contributed by atoms with Crippen molar-refractivity contribution in [3.8, 4) is 5.75 Å². The second-order valence-electron chi connectivity index (χ2n) is 6.03. The molecule has 2 aromatic rings. The summed E-state index contributed by atoms with van der Waals surface area (Å²) in [5.74, 6) is 1.05. The zero-order valence-corrected chi connectivity index (χ0v) is 14.2. The summed E-state index contributed by atoms with van der Waals surface area (Å²) >= 11 is 6.05. The van der Waals surface area contributed by atoms with Crippen molar-refractivity contribution in [1.82, 2.24) is 4.90 Å². The summed E-state index contributed by atoms with van der Waals surface area (Å²) < 4.78 is 5.57. The maximum atomic E-state index is 12.5. The topological polar surface area (TPSA) is 55.6 Å². The van der Waals surface area contributed by atoms with Crippen molar-refractivity contribution in [2.24, 2.45) is 11.7 Å². The van der Waals surface area contributed by atoms with E-state index >= 15 is 0 Å². The molecule has 2 aromatic carbocycles. The summed E-state index contributed by atoms with van der Waals surface area (Å²) in [6, 6.07) is 17.4. The molecule has 2 atom stereocenters. The third kappa shape index (κ3) is 3.71. The Morgan fingerprint density at radius 1 is 1.12 bits per heavy atom. The van der Waals surface area contributed by atoms with Crippen LogP contribution in [0.25, 0.3) is 0 Å². The first-order valence-electron chi connectivity index (χ1n) is 8.09. The first kappa shape index (κ1) is 16.8. The van der Waals surface area contributed by atoms with Crippen LogP contribution >= 0.6 is 11.6 Å². The molecule has 1 amide bonds. The predicted octanol–water partition coefficient (Wildman–Crippen LogP) is 2.92. The number of para-hydroxylation sites is 1. The van der Waals surface area contributed by atoms with Crippen molar-refractivity contribution in [3.05, 3.63) is 65.2 Å². The minimum Gasteiger partial charge on any atom is -0.482 e. The van der Waals surface area contributed by atoms with Crippen LogP contribution in [0, 0.1) is 5.92 Å². The molecule has 126 valence electrons. The fraction of sp³-hybridized carbons (Fsp3) is 0.316. The molecule has 4 nitrogen and oxygen atoms in total. The number of carbonyl (C=O) groups is 1. The van der Waals surface area contributed by atoms with E-state index in [1.807, 2.05) is 35.2 Å². The highest BCUT2D eigenvalue weighted by Gasteiger charge is 2.35. The van der Waals surface area contributed by atoms with Crippen LogP contribution in [0.1, 0.15) is 11.5 Å². The normalized spacial score (nSPS) is 20.2. The zero-order valence-electron chi connectivity index (χ0n) is 13.4. The number of halogens is 1. The van der Waals surface area contributed by atoms with Gasteiger partial charge in [0, 0.05) is 19.0 Å². The van der Waals surface area contributed by atoms with Gasteiger partial charge in [0.05, 0.1) is 5.02 Å². The van der Waals surface area contributed by atoms with Gasteiger partial charge in [-0.3, -0.25) is 4.79 Å². The second kappa shape index (κ2) is 7.69. The molecule has 1 heterocycles. The Morgan fingerprint density at radius 2 is 1.83 bits per heavy atom. The number of likely N-dealkylation sites (tertiary alicyclic amines) is 1. The number of amides is 1. The molecule has 0 saturated carbocycles. The lowest BCUT2D eigenvalue weighted by Crippen LogP contribution is -2.33. The fourth-order valence-corrected chi connectivity index (χ4v) is 3.37. The molecule has 0 bridgehead atoms. The Balaban J connectivity index is 1.63. The van der Waals surface area contributed by atoms with Crippen molar-refractivity contribution >= 4 is 17.5 Å². The van der Waals surface area contributed by atoms with Gasteiger partial charge in [0.1, 0.15) is 5.75 Å². The van der Waals surface area contributed by atoms with Crippen LogP contribution in [-0.4, -0.2) is 37.0 Å². The number of hydrogen-bond acceptors (Lipinski definition) is 3. The quantitative estimate of drug-likeness (QED) is 0.907. The van der Waals surface area contributed by atoms with Gasteiger partial charge in [-0.15, -0.1) is 0 Å². The lowest BCUT2D eigenvalue weighted by molar-refractivity contribution is -0.132. The molecule has 2 N–H and O–H groups in total. The van der Waals surface area contributed by atoms with Crippen molar-refractivity contribution < 1.29 is 9.53 Å². The van der Waals surface area contributed by atoms with Gasteiger partial charge in [-0.25, -0.2) is 0 Å². The van der Waals surface area contributed by atoms with Gasteiger partial charge in [0.2, 0.25) is 0 Å². The second-order valence-corrected chi connectivity index (χ2v) is 6.44. The summed E-state index contributed by atoms with van der Waals surface area (Å²) in [5, 5.41) is 0.508. The van der Waals surface area contributed by atoms with Gasteiger partial charge in [-0.05, 0) is 30.2 Å². The van der Waals surface area contributed by atoms with Crippen LogP contribution in [0.5, 0.6) is 5.75 Å². The highest BCUT2D eigenvalue weighted by Crippen LogP contribution is 2.32. The molecule has 5 heteroatoms. The lowest BCUT2D eigenvalue weighted by Gasteiger charge is -2.17. The highest BCUT2D eigenvalue weighted by atomic mass is 35.5. The Hall–Kier alpha value is -2.04. The smallest absolute Gasteiger partial charge is 0.260 e. The molecule has 0 spiro atoms. The molecule has 1 saturated heterocycles. The SMILES string of the molecule is NC[C@@H]1CN(C(=O)COc2ccccc2Cl)C[C@H]1c1ccccc1. The van der Waals surface area contributed by atoms with Crippen LogP contribution in [-0.2, 0) is 4.79 Å². The molecular formula is C19H21ClN2O2. The number of nitrogens with zero attached hydrogens (tertiary/aromatic N) is 1. The van der Waals surface area contributed by atoms with E-state index in [1.54, 1.807) is 12.1 Å². The Kier molecular flexibility index (Phi) is 5.38. The maximum Gasteiger partial charge on any atom is 0.260 e. The van der Waals surface area contributed by atoms with Gasteiger partial charge >= 0.3 is 0 Å². The van der Waals surface area contributed by atoms with Gasteiger partial charge in [0.25, 0.3) is 5.91 Å². The number of carbonyl (C=O) groups excluding carboxylic acids is 1. The van der Waals surface area contributed by atoms with E-state index in [2.05, 4.69) is 12.1 Å². The number of ether oxygens (including phenoxy) is 1. The first-order valence-corrected chi connectivity index (χ1v) is 8.47. The number of rotatable bonds is 5. The first-order chi connectivity index (χ1) is 11.7. The van der Waals surface area contributed by atoms with E-state index in [9.17, 15) is 4.79 Å². The molecule has 0 radical (unpaired) electrons. The number of nitrogens with two attached hydrogens (primary N) is 1. The van der Waals surface area contributed by atoms with Gasteiger partial charge < -0.3 is 15.4 Å². The lowest BCUT2D eigenvalue weighted by atomic mass is 9.89. The van der Waals surface area contributed by atoms with Crippen molar-refractivity contribution in [1.29, 1.82) is 0 Å². The van der Waals surface area contributed by atoms with Gasteiger partial charge in [-0.1, -0.05) is 54.1 Å². The summed E-state index contributed by atoms with van der Waals surface area (Å²) in [6.45, 7) is 1.90. The number of benzene rings is 2. The van der Waals surface area contributed by atoms with E-state index < -0.39 is 0 Å². The van der Waals surface area contributed by atoms with Crippen molar-refractivity contribution in [3.63, 3.8) is 0 Å². The molecule has 0 aliphatic carbocycles. The van der Waals surface area contributed by atoms with E-state index in [1.165, 1.54) is 5.56 Å². The summed E-state index contributed by atoms with van der Waals surface area (Å²) in [6.07, 6.45) is 0. The molecule has 1 aliphatic heterocycles. The van der Waals surface area contributed by atoms with Crippen LogP contribution < -0.4 is 10.5 Å². The molecule has 1 fully saturated rings. The van der Waals surface area contributed by atoms with E-state index in [-0.39, 0.29) is 24.3 Å². The van der Waals surface area contributed by atoms with E-state index in [4.69, 9.17) is 22.1 Å². The van der Waals surface area contributed by atoms with Crippen LogP contribution in [0.4, 0.5) is 0 Å². The van der Waals surface area contributed by atoms with E-state index in [0.29, 0.717) is 30.4 Å². The largest absolute Gasteiger partial charge is 0.482 e. The Labute approximate surface area is 147 Å². The molecule has 0 aromatic heterocycles. The highest BCUT2D eigenvalue weighted by molar-refractivity contribution is 6.32. The molecule has 24 heavy (non-hydrogen) atoms. The monoisotopic (exact) mass is 344 g/mol. The third-order valence-corrected chi connectivity index (χ3v) is 4.82. The summed E-state index contributed by atoms with van der Waals surface area (Å²) in [4.78, 5) is 14.3. The van der Waals surface area contributed by atoms with E-state index in [0.717, 1.165) is 0 Å². The van der Waals surface area contributed by atoms with Crippen LogP contribution in [0.15, 0.2) is 54.6 Å². The van der Waals surface area contributed by atoms with Gasteiger partial charge in [-0.2, -0.15) is 0 Å². The van der Waals surface area contributed by atoms with Crippen LogP contribution in [0.3, 0.4) is 0 Å². The summed E-state index contributed by atoms with van der Waals surface area (Å²) in [7, 11) is 0.